The lowest BCUT2D eigenvalue weighted by Gasteiger charge is -2.19. The lowest BCUT2D eigenvalue weighted by atomic mass is 9.86. The van der Waals surface area contributed by atoms with Crippen molar-refractivity contribution in [2.75, 3.05) is 14.2 Å². The zero-order valence-corrected chi connectivity index (χ0v) is 17.5. The summed E-state index contributed by atoms with van der Waals surface area (Å²) in [5.74, 6) is 0.377. The number of nitro groups is 1. The van der Waals surface area contributed by atoms with Crippen LogP contribution < -0.4 is 9.47 Å². The van der Waals surface area contributed by atoms with Crippen LogP contribution in [0, 0.1) is 10.1 Å². The molecule has 0 N–H and O–H groups in total. The Morgan fingerprint density at radius 2 is 1.63 bits per heavy atom. The van der Waals surface area contributed by atoms with E-state index in [4.69, 9.17) is 14.2 Å². The van der Waals surface area contributed by atoms with Gasteiger partial charge in [0.15, 0.2) is 11.5 Å². The predicted octanol–water partition coefficient (Wildman–Crippen LogP) is 4.89. The molecule has 2 aromatic carbocycles. The van der Waals surface area contributed by atoms with Crippen LogP contribution in [-0.4, -0.2) is 25.1 Å². The first-order valence-electron chi connectivity index (χ1n) is 9.31. The minimum Gasteiger partial charge on any atom is -0.493 e. The highest BCUT2D eigenvalue weighted by Gasteiger charge is 2.25. The molecule has 30 heavy (non-hydrogen) atoms. The van der Waals surface area contributed by atoms with Crippen molar-refractivity contribution in [3.05, 3.63) is 74.9 Å². The van der Waals surface area contributed by atoms with E-state index in [-0.39, 0.29) is 28.0 Å². The molecule has 7 heteroatoms. The van der Waals surface area contributed by atoms with Crippen molar-refractivity contribution in [3.63, 3.8) is 0 Å². The maximum atomic E-state index is 12.4. The van der Waals surface area contributed by atoms with E-state index in [1.807, 2.05) is 24.3 Å². The Kier molecular flexibility index (Phi) is 5.64. The lowest BCUT2D eigenvalue weighted by Crippen LogP contribution is -2.10. The number of rotatable bonds is 5. The molecule has 1 aliphatic rings. The fourth-order valence-corrected chi connectivity index (χ4v) is 3.09. The first kappa shape index (κ1) is 21.1. The molecule has 7 nitrogen and oxygen atoms in total. The van der Waals surface area contributed by atoms with Gasteiger partial charge < -0.3 is 14.2 Å². The van der Waals surface area contributed by atoms with Crippen molar-refractivity contribution < 1.29 is 23.9 Å². The van der Waals surface area contributed by atoms with Crippen LogP contribution in [0.1, 0.15) is 37.5 Å². The van der Waals surface area contributed by atoms with Crippen LogP contribution >= 0.6 is 0 Å². The molecule has 0 spiro atoms. The number of carbonyl (C=O) groups is 1. The second kappa shape index (κ2) is 8.02. The first-order valence-corrected chi connectivity index (χ1v) is 9.31. The summed E-state index contributed by atoms with van der Waals surface area (Å²) in [5, 5.41) is 11.5. The van der Waals surface area contributed by atoms with Crippen LogP contribution in [0.15, 0.2) is 48.0 Å². The number of nitro benzene ring substituents is 1. The Labute approximate surface area is 174 Å². The molecule has 0 amide bonds. The third-order valence-corrected chi connectivity index (χ3v) is 4.80. The molecule has 0 aliphatic carbocycles. The minimum atomic E-state index is -0.575. The molecule has 2 aromatic rings. The van der Waals surface area contributed by atoms with E-state index >= 15 is 0 Å². The largest absolute Gasteiger partial charge is 0.493 e. The minimum absolute atomic E-state index is 0.0106. The molecule has 1 heterocycles. The third-order valence-electron chi connectivity index (χ3n) is 4.80. The Hall–Kier alpha value is -3.61. The maximum absolute atomic E-state index is 12.4. The fraction of sp³-hybridized carbons (Fsp3) is 0.261. The SMILES string of the molecule is COc1cc(C=C2C=C(c3ccc(C(C)(C)C)cc3)OC2=O)c([N+](=O)[O-])cc1OC. The van der Waals surface area contributed by atoms with Crippen LogP contribution in [0.5, 0.6) is 11.5 Å². The highest BCUT2D eigenvalue weighted by Crippen LogP contribution is 2.37. The number of ether oxygens (including phenoxy) is 3. The van der Waals surface area contributed by atoms with E-state index in [0.29, 0.717) is 11.5 Å². The fourth-order valence-electron chi connectivity index (χ4n) is 3.09. The van der Waals surface area contributed by atoms with Crippen molar-refractivity contribution in [3.8, 4) is 11.5 Å². The van der Waals surface area contributed by atoms with Gasteiger partial charge in [0.25, 0.3) is 5.69 Å². The average molecular weight is 409 g/mol. The Morgan fingerprint density at radius 1 is 1.03 bits per heavy atom. The van der Waals surface area contributed by atoms with Crippen LogP contribution in [0.25, 0.3) is 11.8 Å². The van der Waals surface area contributed by atoms with E-state index in [2.05, 4.69) is 20.8 Å². The predicted molar refractivity (Wildman–Crippen MR) is 113 cm³/mol. The Balaban J connectivity index is 2.01. The van der Waals surface area contributed by atoms with Gasteiger partial charge >= 0.3 is 5.97 Å². The number of methoxy groups -OCH3 is 2. The van der Waals surface area contributed by atoms with Crippen molar-refractivity contribution in [1.82, 2.24) is 0 Å². The molecule has 1 aliphatic heterocycles. The second-order valence-corrected chi connectivity index (χ2v) is 7.85. The molecule has 3 rings (SSSR count). The summed E-state index contributed by atoms with van der Waals surface area (Å²) in [6.45, 7) is 6.36. The van der Waals surface area contributed by atoms with Gasteiger partial charge in [-0.2, -0.15) is 0 Å². The van der Waals surface area contributed by atoms with Crippen molar-refractivity contribution in [2.24, 2.45) is 0 Å². The quantitative estimate of drug-likeness (QED) is 0.302. The van der Waals surface area contributed by atoms with Crippen LogP contribution in [0.2, 0.25) is 0 Å². The summed E-state index contributed by atoms with van der Waals surface area (Å²) < 4.78 is 15.7. The smallest absolute Gasteiger partial charge is 0.343 e. The number of benzene rings is 2. The van der Waals surface area contributed by atoms with Gasteiger partial charge in [0.1, 0.15) is 5.76 Å². The van der Waals surface area contributed by atoms with Gasteiger partial charge in [0.05, 0.1) is 36.3 Å². The van der Waals surface area contributed by atoms with E-state index in [1.54, 1.807) is 6.08 Å². The summed E-state index contributed by atoms with van der Waals surface area (Å²) >= 11 is 0. The van der Waals surface area contributed by atoms with Gasteiger partial charge in [0.2, 0.25) is 0 Å². The number of hydrogen-bond donors (Lipinski definition) is 0. The van der Waals surface area contributed by atoms with Gasteiger partial charge in [-0.1, -0.05) is 45.0 Å². The molecule has 0 saturated carbocycles. The number of esters is 1. The summed E-state index contributed by atoms with van der Waals surface area (Å²) in [5.41, 5.74) is 2.14. The molecule has 0 fully saturated rings. The molecular weight excluding hydrogens is 386 g/mol. The summed E-state index contributed by atoms with van der Waals surface area (Å²) in [7, 11) is 2.83. The average Bonchev–Trinajstić information content (AvgIpc) is 3.07. The van der Waals surface area contributed by atoms with Gasteiger partial charge in [0, 0.05) is 5.56 Å². The molecular formula is C23H23NO6. The molecule has 0 unspecified atom stereocenters. The highest BCUT2D eigenvalue weighted by atomic mass is 16.6. The zero-order chi connectivity index (χ0) is 22.1. The molecule has 0 radical (unpaired) electrons. The monoisotopic (exact) mass is 409 g/mol. The van der Waals surface area contributed by atoms with Gasteiger partial charge in [-0.05, 0) is 29.2 Å². The van der Waals surface area contributed by atoms with E-state index < -0.39 is 10.9 Å². The summed E-state index contributed by atoms with van der Waals surface area (Å²) in [4.78, 5) is 23.3. The van der Waals surface area contributed by atoms with Crippen LogP contribution in [0.3, 0.4) is 0 Å². The van der Waals surface area contributed by atoms with E-state index in [9.17, 15) is 14.9 Å². The molecule has 156 valence electrons. The van der Waals surface area contributed by atoms with Crippen LogP contribution in [-0.2, 0) is 14.9 Å². The van der Waals surface area contributed by atoms with Gasteiger partial charge in [-0.15, -0.1) is 0 Å². The number of hydrogen-bond acceptors (Lipinski definition) is 6. The standard InChI is InChI=1S/C23H23NO6/c1-23(2,3)17-8-6-14(7-9-17)19-12-16(22(25)30-19)10-15-11-20(28-4)21(29-5)13-18(15)24(26)27/h6-13H,1-5H3. The maximum Gasteiger partial charge on any atom is 0.343 e. The number of carbonyl (C=O) groups excluding carboxylic acids is 1. The first-order chi connectivity index (χ1) is 14.1. The molecule has 0 bridgehead atoms. The van der Waals surface area contributed by atoms with Crippen molar-refractivity contribution in [2.45, 2.75) is 26.2 Å². The van der Waals surface area contributed by atoms with E-state index in [1.165, 1.54) is 32.4 Å². The normalized spacial score (nSPS) is 15.0. The van der Waals surface area contributed by atoms with Crippen molar-refractivity contribution >= 4 is 23.5 Å². The van der Waals surface area contributed by atoms with Crippen LogP contribution in [0.4, 0.5) is 5.69 Å². The Bertz CT molecular complexity index is 1060. The Morgan fingerprint density at radius 3 is 2.17 bits per heavy atom. The lowest BCUT2D eigenvalue weighted by molar-refractivity contribution is -0.385. The van der Waals surface area contributed by atoms with Gasteiger partial charge in [-0.3, -0.25) is 10.1 Å². The second-order valence-electron chi connectivity index (χ2n) is 7.85. The number of cyclic esters (lactones) is 1. The summed E-state index contributed by atoms with van der Waals surface area (Å²) in [6.07, 6.45) is 2.99. The highest BCUT2D eigenvalue weighted by molar-refractivity contribution is 6.05. The zero-order valence-electron chi connectivity index (χ0n) is 17.5. The van der Waals surface area contributed by atoms with Gasteiger partial charge in [-0.25, -0.2) is 4.79 Å². The molecule has 0 aromatic heterocycles. The topological polar surface area (TPSA) is 87.9 Å². The van der Waals surface area contributed by atoms with Crippen molar-refractivity contribution in [1.29, 1.82) is 0 Å². The summed E-state index contributed by atoms with van der Waals surface area (Å²) in [6, 6.07) is 10.5. The van der Waals surface area contributed by atoms with E-state index in [0.717, 1.165) is 11.1 Å². The molecule has 0 saturated heterocycles. The third kappa shape index (κ3) is 4.20. The number of nitrogens with zero attached hydrogens (tertiary/aromatic N) is 1. The molecule has 0 atom stereocenters.